The maximum Gasteiger partial charge on any atom is 0.0662 e. The highest BCUT2D eigenvalue weighted by Gasteiger charge is 2.08. The van der Waals surface area contributed by atoms with Crippen molar-refractivity contribution in [1.82, 2.24) is 0 Å². The second-order valence-corrected chi connectivity index (χ2v) is 6.65. The average Bonchev–Trinajstić information content (AvgIpc) is 2.56. The maximum atomic E-state index is 4.56. The van der Waals surface area contributed by atoms with Crippen LogP contribution in [0.15, 0.2) is 58.3 Å². The Kier molecular flexibility index (Phi) is 9.85. The van der Waals surface area contributed by atoms with Crippen LogP contribution in [0.5, 0.6) is 0 Å². The highest BCUT2D eigenvalue weighted by atomic mass is 15.2. The van der Waals surface area contributed by atoms with Crippen LogP contribution in [0.25, 0.3) is 0 Å². The first-order valence-electron chi connectivity index (χ1n) is 9.74. The van der Waals surface area contributed by atoms with Gasteiger partial charge < -0.3 is 0 Å². The summed E-state index contributed by atoms with van der Waals surface area (Å²) in [6.45, 7) is 0. The second-order valence-electron chi connectivity index (χ2n) is 6.65. The Morgan fingerprint density at radius 1 is 0.625 bits per heavy atom. The summed E-state index contributed by atoms with van der Waals surface area (Å²) in [6.07, 6.45) is 31.9. The zero-order valence-corrected chi connectivity index (χ0v) is 15.0. The van der Waals surface area contributed by atoms with Crippen molar-refractivity contribution in [3.63, 3.8) is 0 Å². The summed E-state index contributed by atoms with van der Waals surface area (Å²) in [6, 6.07) is 0. The summed E-state index contributed by atoms with van der Waals surface area (Å²) in [7, 11) is 0. The lowest BCUT2D eigenvalue weighted by molar-refractivity contribution is 0.644. The largest absolute Gasteiger partial charge is 0.159 e. The fraction of sp³-hybridized carbons (Fsp3) is 0.545. The summed E-state index contributed by atoms with van der Waals surface area (Å²) in [5.41, 5.74) is 2.56. The molecule has 0 saturated carbocycles. The molecule has 1 heterocycles. The maximum absolute atomic E-state index is 4.56. The molecule has 130 valence electrons. The fourth-order valence-corrected chi connectivity index (χ4v) is 3.15. The van der Waals surface area contributed by atoms with Crippen LogP contribution in [0.2, 0.25) is 0 Å². The van der Waals surface area contributed by atoms with Gasteiger partial charge in [0.05, 0.1) is 5.71 Å². The van der Waals surface area contributed by atoms with E-state index in [4.69, 9.17) is 0 Å². The van der Waals surface area contributed by atoms with Gasteiger partial charge in [0.25, 0.3) is 0 Å². The first-order chi connectivity index (χ1) is 12.0. The number of nitrogens with zero attached hydrogens (tertiary/aromatic N) is 2. The van der Waals surface area contributed by atoms with Gasteiger partial charge in [-0.3, -0.25) is 0 Å². The normalized spacial score (nSPS) is 21.7. The molecule has 0 unspecified atom stereocenters. The van der Waals surface area contributed by atoms with Crippen molar-refractivity contribution < 1.29 is 0 Å². The lowest BCUT2D eigenvalue weighted by atomic mass is 9.97. The minimum absolute atomic E-state index is 1.05. The van der Waals surface area contributed by atoms with Gasteiger partial charge in [0.2, 0.25) is 0 Å². The Bertz CT molecular complexity index is 470. The fourth-order valence-electron chi connectivity index (χ4n) is 3.15. The molecule has 0 aromatic rings. The van der Waals surface area contributed by atoms with Crippen molar-refractivity contribution in [2.24, 2.45) is 10.2 Å². The standard InChI is InChI=1S/C22H32N2/c1-2-5-9-13-17-21(18-14-10-6-3-1)22-19-15-11-7-4-8-12-16-20-23-24-22/h2,5,9,12-13,16-17,20H,1,3-4,6-8,10-11,14-15,18-19H2. The molecule has 0 bridgehead atoms. The Balaban J connectivity index is 2.12. The molecule has 0 spiro atoms. The van der Waals surface area contributed by atoms with E-state index in [0.29, 0.717) is 0 Å². The topological polar surface area (TPSA) is 24.7 Å². The molecule has 0 fully saturated rings. The molecular weight excluding hydrogens is 292 g/mol. The molecule has 0 aromatic carbocycles. The highest BCUT2D eigenvalue weighted by Crippen LogP contribution is 2.18. The number of hydrogen-bond donors (Lipinski definition) is 0. The van der Waals surface area contributed by atoms with Crippen LogP contribution in [0.3, 0.4) is 0 Å². The third-order valence-corrected chi connectivity index (χ3v) is 4.59. The second kappa shape index (κ2) is 12.7. The van der Waals surface area contributed by atoms with Gasteiger partial charge in [0.1, 0.15) is 0 Å². The molecule has 0 aromatic heterocycles. The Morgan fingerprint density at radius 3 is 2.17 bits per heavy atom. The van der Waals surface area contributed by atoms with Crippen molar-refractivity contribution in [3.8, 4) is 0 Å². The molecule has 0 amide bonds. The van der Waals surface area contributed by atoms with Crippen LogP contribution in [0.4, 0.5) is 0 Å². The van der Waals surface area contributed by atoms with E-state index in [9.17, 15) is 0 Å². The number of hydrogen-bond acceptors (Lipinski definition) is 2. The van der Waals surface area contributed by atoms with Crippen molar-refractivity contribution in [1.29, 1.82) is 0 Å². The average molecular weight is 325 g/mol. The summed E-state index contributed by atoms with van der Waals surface area (Å²) in [5, 5.41) is 8.85. The van der Waals surface area contributed by atoms with Crippen molar-refractivity contribution in [3.05, 3.63) is 48.1 Å². The SMILES string of the molecule is C1=CC=C(C2=NN=CC=CCCCCCC2)CCCCCCC=C1. The van der Waals surface area contributed by atoms with Crippen LogP contribution < -0.4 is 0 Å². The van der Waals surface area contributed by atoms with Gasteiger partial charge in [0, 0.05) is 6.21 Å². The molecular formula is C22H32N2. The first-order valence-corrected chi connectivity index (χ1v) is 9.74. The van der Waals surface area contributed by atoms with E-state index in [1.807, 2.05) is 12.3 Å². The quantitative estimate of drug-likeness (QED) is 0.511. The van der Waals surface area contributed by atoms with E-state index >= 15 is 0 Å². The van der Waals surface area contributed by atoms with Crippen LogP contribution in [0, 0.1) is 0 Å². The van der Waals surface area contributed by atoms with Crippen LogP contribution >= 0.6 is 0 Å². The third-order valence-electron chi connectivity index (χ3n) is 4.59. The van der Waals surface area contributed by atoms with Gasteiger partial charge in [-0.1, -0.05) is 62.1 Å². The lowest BCUT2D eigenvalue weighted by Gasteiger charge is -2.11. The molecule has 2 nitrogen and oxygen atoms in total. The highest BCUT2D eigenvalue weighted by molar-refractivity contribution is 6.00. The van der Waals surface area contributed by atoms with E-state index in [0.717, 1.165) is 19.3 Å². The predicted octanol–water partition coefficient (Wildman–Crippen LogP) is 6.72. The summed E-state index contributed by atoms with van der Waals surface area (Å²) in [4.78, 5) is 0. The molecule has 24 heavy (non-hydrogen) atoms. The molecule has 0 radical (unpaired) electrons. The van der Waals surface area contributed by atoms with Crippen LogP contribution in [0.1, 0.15) is 77.0 Å². The first kappa shape index (κ1) is 18.6. The summed E-state index contributed by atoms with van der Waals surface area (Å²) in [5.74, 6) is 0. The summed E-state index contributed by atoms with van der Waals surface area (Å²) < 4.78 is 0. The Labute approximate surface area is 147 Å². The molecule has 1 aliphatic carbocycles. The zero-order chi connectivity index (χ0) is 16.7. The minimum atomic E-state index is 1.05. The molecule has 2 heteroatoms. The van der Waals surface area contributed by atoms with Gasteiger partial charge in [-0.05, 0) is 63.0 Å². The molecule has 0 N–H and O–H groups in total. The minimum Gasteiger partial charge on any atom is -0.159 e. The zero-order valence-electron chi connectivity index (χ0n) is 15.0. The van der Waals surface area contributed by atoms with Gasteiger partial charge in [-0.2, -0.15) is 10.2 Å². The van der Waals surface area contributed by atoms with E-state index in [2.05, 4.69) is 46.7 Å². The molecule has 0 atom stereocenters. The molecule has 1 aliphatic heterocycles. The Morgan fingerprint density at radius 2 is 1.33 bits per heavy atom. The van der Waals surface area contributed by atoms with Crippen molar-refractivity contribution >= 4 is 11.9 Å². The van der Waals surface area contributed by atoms with Crippen LogP contribution in [-0.2, 0) is 0 Å². The number of rotatable bonds is 1. The smallest absolute Gasteiger partial charge is 0.0662 e. The van der Waals surface area contributed by atoms with Gasteiger partial charge in [-0.25, -0.2) is 0 Å². The molecule has 2 rings (SSSR count). The molecule has 2 aliphatic rings. The van der Waals surface area contributed by atoms with E-state index in [1.165, 1.54) is 69.1 Å². The lowest BCUT2D eigenvalue weighted by Crippen LogP contribution is -2.04. The monoisotopic (exact) mass is 324 g/mol. The van der Waals surface area contributed by atoms with Gasteiger partial charge >= 0.3 is 0 Å². The van der Waals surface area contributed by atoms with Crippen LogP contribution in [-0.4, -0.2) is 11.9 Å². The predicted molar refractivity (Wildman–Crippen MR) is 107 cm³/mol. The van der Waals surface area contributed by atoms with Crippen molar-refractivity contribution in [2.75, 3.05) is 0 Å². The summed E-state index contributed by atoms with van der Waals surface area (Å²) >= 11 is 0. The van der Waals surface area contributed by atoms with E-state index in [1.54, 1.807) is 0 Å². The third kappa shape index (κ3) is 8.24. The van der Waals surface area contributed by atoms with Gasteiger partial charge in [0.15, 0.2) is 0 Å². The Hall–Kier alpha value is -1.70. The van der Waals surface area contributed by atoms with Gasteiger partial charge in [-0.15, -0.1) is 0 Å². The number of allylic oxidation sites excluding steroid dienone is 8. The van der Waals surface area contributed by atoms with E-state index in [-0.39, 0.29) is 0 Å². The van der Waals surface area contributed by atoms with Crippen molar-refractivity contribution in [2.45, 2.75) is 77.0 Å². The molecule has 0 saturated heterocycles. The van der Waals surface area contributed by atoms with E-state index < -0.39 is 0 Å².